The summed E-state index contributed by atoms with van der Waals surface area (Å²) >= 11 is 4.85. The Hall–Kier alpha value is -0.890. The number of fused-ring (bicyclic) bond motifs is 2. The minimum Gasteiger partial charge on any atom is -0.465 e. The van der Waals surface area contributed by atoms with Gasteiger partial charge in [0.15, 0.2) is 3.92 Å². The maximum absolute atomic E-state index is 11.4. The first-order chi connectivity index (χ1) is 9.56. The summed E-state index contributed by atoms with van der Waals surface area (Å²) in [7, 11) is 2.03. The van der Waals surface area contributed by atoms with E-state index in [0.29, 0.717) is 6.04 Å². The van der Waals surface area contributed by atoms with E-state index in [4.69, 9.17) is 0 Å². The first kappa shape index (κ1) is 14.1. The van der Waals surface area contributed by atoms with Gasteiger partial charge in [0.05, 0.1) is 0 Å². The van der Waals surface area contributed by atoms with Gasteiger partial charge in [-0.2, -0.15) is 0 Å². The smallest absolute Gasteiger partial charge is 0.407 e. The van der Waals surface area contributed by atoms with Gasteiger partial charge in [0.1, 0.15) is 0 Å². The molecule has 1 aromatic heterocycles. The van der Waals surface area contributed by atoms with E-state index in [1.807, 2.05) is 7.05 Å². The highest BCUT2D eigenvalue weighted by Gasteiger charge is 2.42. The second kappa shape index (κ2) is 5.48. The summed E-state index contributed by atoms with van der Waals surface area (Å²) in [6.45, 7) is 0. The highest BCUT2D eigenvalue weighted by Crippen LogP contribution is 2.37. The molecule has 2 aliphatic rings. The highest BCUT2D eigenvalue weighted by molar-refractivity contribution is 9.11. The number of amides is 1. The summed E-state index contributed by atoms with van der Waals surface area (Å²) in [6, 6.07) is 0.661. The largest absolute Gasteiger partial charge is 0.465 e. The van der Waals surface area contributed by atoms with Crippen LogP contribution in [0.2, 0.25) is 0 Å². The lowest BCUT2D eigenvalue weighted by molar-refractivity contribution is 0.0353. The molecule has 2 atom stereocenters. The molecule has 2 saturated heterocycles. The minimum absolute atomic E-state index is 0.156. The Labute approximate surface area is 129 Å². The fraction of sp³-hybridized carbons (Fsp3) is 0.750. The Bertz CT molecular complexity index is 497. The summed E-state index contributed by atoms with van der Waals surface area (Å²) in [6.07, 6.45) is 4.10. The van der Waals surface area contributed by atoms with Crippen molar-refractivity contribution in [2.24, 2.45) is 0 Å². The molecule has 0 aliphatic carbocycles. The lowest BCUT2D eigenvalue weighted by Gasteiger charge is -2.49. The van der Waals surface area contributed by atoms with E-state index < -0.39 is 6.09 Å². The van der Waals surface area contributed by atoms with Gasteiger partial charge < -0.3 is 14.9 Å². The Balaban J connectivity index is 1.76. The third-order valence-corrected chi connectivity index (χ3v) is 5.86. The number of carbonyl (C=O) groups is 1. The summed E-state index contributed by atoms with van der Waals surface area (Å²) < 4.78 is 0.780. The zero-order valence-electron chi connectivity index (χ0n) is 11.2. The first-order valence-corrected chi connectivity index (χ1v) is 8.40. The average molecular weight is 361 g/mol. The van der Waals surface area contributed by atoms with Crippen LogP contribution in [0.5, 0.6) is 0 Å². The van der Waals surface area contributed by atoms with Gasteiger partial charge in [-0.25, -0.2) is 4.79 Å². The maximum atomic E-state index is 11.4. The summed E-state index contributed by atoms with van der Waals surface area (Å²) in [5.41, 5.74) is 0. The molecule has 1 amide bonds. The van der Waals surface area contributed by atoms with Crippen molar-refractivity contribution < 1.29 is 9.90 Å². The van der Waals surface area contributed by atoms with Crippen LogP contribution in [0.25, 0.3) is 0 Å². The van der Waals surface area contributed by atoms with Crippen LogP contribution in [-0.2, 0) is 0 Å². The van der Waals surface area contributed by atoms with Gasteiger partial charge in [-0.05, 0) is 48.0 Å². The minimum atomic E-state index is -0.764. The number of aromatic nitrogens is 2. The zero-order valence-corrected chi connectivity index (χ0v) is 13.6. The molecule has 0 saturated carbocycles. The van der Waals surface area contributed by atoms with Gasteiger partial charge in [0, 0.05) is 25.2 Å². The van der Waals surface area contributed by atoms with E-state index in [9.17, 15) is 9.90 Å². The van der Waals surface area contributed by atoms with E-state index in [1.165, 1.54) is 11.3 Å². The highest BCUT2D eigenvalue weighted by atomic mass is 79.9. The fourth-order valence-electron chi connectivity index (χ4n) is 3.48. The van der Waals surface area contributed by atoms with Crippen LogP contribution < -0.4 is 4.90 Å². The Kier molecular flexibility index (Phi) is 3.85. The molecule has 0 radical (unpaired) electrons. The predicted molar refractivity (Wildman–Crippen MR) is 80.3 cm³/mol. The molecule has 2 unspecified atom stereocenters. The number of halogens is 1. The number of carboxylic acid groups (broad SMARTS) is 1. The molecule has 2 bridgehead atoms. The number of piperidine rings is 2. The van der Waals surface area contributed by atoms with Gasteiger partial charge in [-0.15, -0.1) is 10.2 Å². The Morgan fingerprint density at radius 3 is 2.55 bits per heavy atom. The van der Waals surface area contributed by atoms with Gasteiger partial charge in [-0.1, -0.05) is 11.3 Å². The standard InChI is InChI=1S/C12H17BrN4O2S/c1-16(11-15-14-10(13)20-11)9-5-7-3-2-4-8(6-9)17(7)12(18)19/h7-9H,2-6H2,1H3,(H,18,19). The lowest BCUT2D eigenvalue weighted by Crippen LogP contribution is -2.58. The van der Waals surface area contributed by atoms with Crippen molar-refractivity contribution in [2.45, 2.75) is 50.2 Å². The molecule has 8 heteroatoms. The third-order valence-electron chi connectivity index (χ3n) is 4.41. The molecule has 3 rings (SSSR count). The van der Waals surface area contributed by atoms with Crippen molar-refractivity contribution in [2.75, 3.05) is 11.9 Å². The fourth-order valence-corrected chi connectivity index (χ4v) is 4.60. The second-order valence-corrected chi connectivity index (χ2v) is 7.73. The van der Waals surface area contributed by atoms with Gasteiger partial charge in [-0.3, -0.25) is 0 Å². The van der Waals surface area contributed by atoms with Crippen LogP contribution in [0, 0.1) is 0 Å². The van der Waals surface area contributed by atoms with Crippen LogP contribution in [0.4, 0.5) is 9.93 Å². The van der Waals surface area contributed by atoms with E-state index >= 15 is 0 Å². The monoisotopic (exact) mass is 360 g/mol. The topological polar surface area (TPSA) is 69.6 Å². The van der Waals surface area contributed by atoms with Crippen LogP contribution in [0.15, 0.2) is 3.92 Å². The molecule has 0 spiro atoms. The molecule has 2 aliphatic heterocycles. The van der Waals surface area contributed by atoms with Gasteiger partial charge in [0.25, 0.3) is 0 Å². The average Bonchev–Trinajstić information content (AvgIpc) is 2.82. The van der Waals surface area contributed by atoms with Crippen molar-refractivity contribution in [3.63, 3.8) is 0 Å². The van der Waals surface area contributed by atoms with E-state index in [0.717, 1.165) is 41.2 Å². The van der Waals surface area contributed by atoms with E-state index in [1.54, 1.807) is 4.90 Å². The molecular weight excluding hydrogens is 344 g/mol. The Morgan fingerprint density at radius 2 is 2.05 bits per heavy atom. The summed E-state index contributed by atoms with van der Waals surface area (Å²) in [4.78, 5) is 15.2. The molecule has 0 aromatic carbocycles. The molecule has 3 heterocycles. The molecule has 6 nitrogen and oxygen atoms in total. The third kappa shape index (κ3) is 2.50. The number of hydrogen-bond donors (Lipinski definition) is 1. The van der Waals surface area contributed by atoms with E-state index in [2.05, 4.69) is 31.0 Å². The lowest BCUT2D eigenvalue weighted by atomic mass is 9.81. The van der Waals surface area contributed by atoms with Crippen molar-refractivity contribution in [1.29, 1.82) is 0 Å². The molecule has 20 heavy (non-hydrogen) atoms. The normalized spacial score (nSPS) is 29.3. The first-order valence-electron chi connectivity index (χ1n) is 6.79. The van der Waals surface area contributed by atoms with Crippen molar-refractivity contribution in [3.8, 4) is 0 Å². The van der Waals surface area contributed by atoms with Crippen molar-refractivity contribution >= 4 is 38.5 Å². The molecule has 1 N–H and O–H groups in total. The number of nitrogens with zero attached hydrogens (tertiary/aromatic N) is 4. The van der Waals surface area contributed by atoms with Gasteiger partial charge in [0.2, 0.25) is 5.13 Å². The maximum Gasteiger partial charge on any atom is 0.407 e. The number of hydrogen-bond acceptors (Lipinski definition) is 5. The van der Waals surface area contributed by atoms with Crippen LogP contribution in [0.1, 0.15) is 32.1 Å². The van der Waals surface area contributed by atoms with Crippen LogP contribution in [-0.4, -0.2) is 51.5 Å². The molecule has 1 aromatic rings. The van der Waals surface area contributed by atoms with Crippen molar-refractivity contribution in [1.82, 2.24) is 15.1 Å². The SMILES string of the molecule is CN(c1nnc(Br)s1)C1CC2CCCC(C1)N2C(=O)O. The molecule has 2 fully saturated rings. The quantitative estimate of drug-likeness (QED) is 0.877. The number of rotatable bonds is 2. The van der Waals surface area contributed by atoms with Crippen molar-refractivity contribution in [3.05, 3.63) is 3.92 Å². The van der Waals surface area contributed by atoms with Gasteiger partial charge >= 0.3 is 6.09 Å². The van der Waals surface area contributed by atoms with Crippen LogP contribution >= 0.6 is 27.3 Å². The van der Waals surface area contributed by atoms with Crippen LogP contribution in [0.3, 0.4) is 0 Å². The molecule has 110 valence electrons. The summed E-state index contributed by atoms with van der Waals surface area (Å²) in [5, 5.41) is 18.4. The summed E-state index contributed by atoms with van der Waals surface area (Å²) in [5.74, 6) is 0. The Morgan fingerprint density at radius 1 is 1.40 bits per heavy atom. The number of anilines is 1. The molecular formula is C12H17BrN4O2S. The second-order valence-electron chi connectivity index (χ2n) is 5.50. The zero-order chi connectivity index (χ0) is 14.3. The van der Waals surface area contributed by atoms with E-state index in [-0.39, 0.29) is 12.1 Å². The predicted octanol–water partition coefficient (Wildman–Crippen LogP) is 2.80.